The van der Waals surface area contributed by atoms with Gasteiger partial charge in [0.1, 0.15) is 13.1 Å². The number of ether oxygens (including phenoxy) is 2. The van der Waals surface area contributed by atoms with Crippen LogP contribution in [-0.4, -0.2) is 97.8 Å². The van der Waals surface area contributed by atoms with Crippen molar-refractivity contribution in [3.63, 3.8) is 0 Å². The standard InChI is InChI=1S/C48H70N2O7/c1-33-13-14-39(26-36-10-8-11-37(25-36)27-46(4,50-29-33)21-24-56-6)34(2)9-7-12-41(31-57-32-53)42-17-19-48(45(42)54)44-38(18-23-51)15-16-40(43(44)35(3)30-52)28-47(48,55)20-22-49-5/h7-13,15-16,25,30,38-40,42,44-45,49-51,53-55H,2,14,17-24,26-29,31-32H2,1,3-6H3/t38-,39+,40-,42+,44+,45+,46-,47+,48+/m0/s1. The van der Waals surface area contributed by atoms with Crippen LogP contribution in [0.15, 0.2) is 95.2 Å². The molecule has 4 aliphatic rings. The quantitative estimate of drug-likeness (QED) is 0.0395. The van der Waals surface area contributed by atoms with Crippen molar-refractivity contribution in [3.8, 4) is 0 Å². The highest BCUT2D eigenvalue weighted by atomic mass is 16.6. The fraction of sp³-hybridized carbons (Fsp3) is 0.604. The number of benzene rings is 1. The van der Waals surface area contributed by atoms with E-state index in [1.54, 1.807) is 7.11 Å². The number of allylic oxidation sites excluding steroid dienone is 9. The second-order valence-electron chi connectivity index (χ2n) is 17.6. The number of aldehydes is 1. The van der Waals surface area contributed by atoms with Crippen molar-refractivity contribution in [2.75, 3.05) is 53.9 Å². The minimum absolute atomic E-state index is 0.0364. The second kappa shape index (κ2) is 20.3. The van der Waals surface area contributed by atoms with Gasteiger partial charge in [0.2, 0.25) is 0 Å². The molecular formula is C48H70N2O7. The number of hydrogen-bond donors (Lipinski definition) is 6. The van der Waals surface area contributed by atoms with Gasteiger partial charge in [0, 0.05) is 49.7 Å². The van der Waals surface area contributed by atoms with Crippen molar-refractivity contribution < 1.29 is 34.7 Å². The Morgan fingerprint density at radius 2 is 1.96 bits per heavy atom. The van der Waals surface area contributed by atoms with E-state index in [1.165, 1.54) is 16.7 Å². The molecule has 1 aromatic rings. The maximum atomic E-state index is 12.9. The Kier molecular flexibility index (Phi) is 16.1. The van der Waals surface area contributed by atoms with E-state index >= 15 is 0 Å². The van der Waals surface area contributed by atoms with Crippen LogP contribution >= 0.6 is 0 Å². The van der Waals surface area contributed by atoms with Crippen LogP contribution in [-0.2, 0) is 27.1 Å². The SMILES string of the molecule is C=C(C=CC=C(COCO)[C@H]1CC[C@]2([C@@H]1O)[C@H]1C(=C(C)C=O)[C@@H](C=C[C@H]1CCO)C[C@]2(O)CCNC)[C@@H]1CC=C(C)CN[C@@](C)(CCOC)Cc2cccc(c2)C1. The molecule has 314 valence electrons. The summed E-state index contributed by atoms with van der Waals surface area (Å²) >= 11 is 0. The molecule has 9 atom stereocenters. The fourth-order valence-corrected chi connectivity index (χ4v) is 10.8. The molecule has 1 aliphatic heterocycles. The largest absolute Gasteiger partial charge is 0.396 e. The number of carbonyl (C=O) groups is 1. The summed E-state index contributed by atoms with van der Waals surface area (Å²) in [7, 11) is 3.62. The van der Waals surface area contributed by atoms with E-state index in [0.29, 0.717) is 50.8 Å². The molecule has 0 radical (unpaired) electrons. The van der Waals surface area contributed by atoms with Crippen LogP contribution < -0.4 is 10.6 Å². The van der Waals surface area contributed by atoms with Gasteiger partial charge >= 0.3 is 0 Å². The normalized spacial score (nSPS) is 34.2. The van der Waals surface area contributed by atoms with Crippen molar-refractivity contribution in [2.24, 2.45) is 35.0 Å². The van der Waals surface area contributed by atoms with Gasteiger partial charge in [-0.1, -0.05) is 84.0 Å². The Morgan fingerprint density at radius 3 is 2.68 bits per heavy atom. The molecule has 3 aliphatic carbocycles. The molecule has 0 saturated heterocycles. The lowest BCUT2D eigenvalue weighted by Crippen LogP contribution is -2.65. The summed E-state index contributed by atoms with van der Waals surface area (Å²) in [6, 6.07) is 8.89. The van der Waals surface area contributed by atoms with Crippen LogP contribution in [0.25, 0.3) is 0 Å². The molecule has 9 heteroatoms. The summed E-state index contributed by atoms with van der Waals surface area (Å²) in [6.45, 7) is 12.6. The molecule has 4 bridgehead atoms. The zero-order chi connectivity index (χ0) is 41.2. The van der Waals surface area contributed by atoms with Crippen LogP contribution in [0.2, 0.25) is 0 Å². The van der Waals surface area contributed by atoms with Crippen molar-refractivity contribution in [2.45, 2.75) is 95.8 Å². The summed E-state index contributed by atoms with van der Waals surface area (Å²) in [5, 5.41) is 52.6. The zero-order valence-corrected chi connectivity index (χ0v) is 35.1. The number of hydrogen-bond acceptors (Lipinski definition) is 9. The lowest BCUT2D eigenvalue weighted by Gasteiger charge is -2.61. The first-order valence-corrected chi connectivity index (χ1v) is 21.1. The molecule has 57 heavy (non-hydrogen) atoms. The maximum absolute atomic E-state index is 12.9. The number of aliphatic hydroxyl groups excluding tert-OH is 3. The van der Waals surface area contributed by atoms with E-state index in [4.69, 9.17) is 9.47 Å². The summed E-state index contributed by atoms with van der Waals surface area (Å²) in [4.78, 5) is 12.4. The lowest BCUT2D eigenvalue weighted by atomic mass is 9.45. The molecule has 1 spiro atoms. The Balaban J connectivity index is 1.46. The monoisotopic (exact) mass is 787 g/mol. The third-order valence-electron chi connectivity index (χ3n) is 13.8. The maximum Gasteiger partial charge on any atom is 0.145 e. The summed E-state index contributed by atoms with van der Waals surface area (Å²) < 4.78 is 11.1. The number of rotatable bonds is 16. The van der Waals surface area contributed by atoms with E-state index in [9.17, 15) is 25.2 Å². The first-order valence-electron chi connectivity index (χ1n) is 21.1. The molecule has 0 aromatic heterocycles. The first-order chi connectivity index (χ1) is 27.4. The van der Waals surface area contributed by atoms with Crippen LogP contribution in [0.5, 0.6) is 0 Å². The van der Waals surface area contributed by atoms with Gasteiger partial charge in [-0.25, -0.2) is 0 Å². The van der Waals surface area contributed by atoms with Crippen molar-refractivity contribution in [1.82, 2.24) is 10.6 Å². The van der Waals surface area contributed by atoms with Crippen molar-refractivity contribution >= 4 is 6.29 Å². The van der Waals surface area contributed by atoms with Crippen LogP contribution in [0.4, 0.5) is 0 Å². The van der Waals surface area contributed by atoms with E-state index < -0.39 is 23.9 Å². The van der Waals surface area contributed by atoms with Gasteiger partial charge in [-0.15, -0.1) is 0 Å². The third kappa shape index (κ3) is 10.1. The molecule has 0 unspecified atom stereocenters. The van der Waals surface area contributed by atoms with Crippen LogP contribution in [0, 0.1) is 35.0 Å². The second-order valence-corrected chi connectivity index (χ2v) is 17.6. The van der Waals surface area contributed by atoms with Gasteiger partial charge in [0.25, 0.3) is 0 Å². The number of carbonyl (C=O) groups excluding carboxylic acids is 1. The van der Waals surface area contributed by atoms with Gasteiger partial charge in [-0.3, -0.25) is 4.79 Å². The van der Waals surface area contributed by atoms with Crippen LogP contribution in [0.3, 0.4) is 0 Å². The Morgan fingerprint density at radius 1 is 1.18 bits per heavy atom. The summed E-state index contributed by atoms with van der Waals surface area (Å²) in [5.41, 5.74) is 5.04. The van der Waals surface area contributed by atoms with E-state index in [2.05, 4.69) is 79.6 Å². The molecule has 2 saturated carbocycles. The summed E-state index contributed by atoms with van der Waals surface area (Å²) in [6.07, 6.45) is 18.5. The zero-order valence-electron chi connectivity index (χ0n) is 35.1. The molecule has 9 nitrogen and oxygen atoms in total. The van der Waals surface area contributed by atoms with E-state index in [-0.39, 0.29) is 48.3 Å². The summed E-state index contributed by atoms with van der Waals surface area (Å²) in [5.74, 6) is -0.771. The molecule has 1 heterocycles. The molecule has 0 amide bonds. The lowest BCUT2D eigenvalue weighted by molar-refractivity contribution is -0.194. The first kappa shape index (κ1) is 45.1. The number of methoxy groups -OCH3 is 1. The van der Waals surface area contributed by atoms with Gasteiger partial charge in [-0.05, 0) is 132 Å². The van der Waals surface area contributed by atoms with Gasteiger partial charge in [-0.2, -0.15) is 0 Å². The topological polar surface area (TPSA) is 141 Å². The third-order valence-corrected chi connectivity index (χ3v) is 13.8. The van der Waals surface area contributed by atoms with Crippen molar-refractivity contribution in [1.29, 1.82) is 0 Å². The molecule has 2 fully saturated rings. The molecular weight excluding hydrogens is 717 g/mol. The molecule has 6 N–H and O–H groups in total. The Hall–Kier alpha value is -2.99. The van der Waals surface area contributed by atoms with E-state index in [1.807, 2.05) is 26.1 Å². The molecule has 5 rings (SSSR count). The predicted octanol–water partition coefficient (Wildman–Crippen LogP) is 5.95. The minimum Gasteiger partial charge on any atom is -0.396 e. The smallest absolute Gasteiger partial charge is 0.145 e. The average Bonchev–Trinajstić information content (AvgIpc) is 3.54. The number of aliphatic hydroxyl groups is 4. The van der Waals surface area contributed by atoms with Crippen LogP contribution in [0.1, 0.15) is 76.8 Å². The minimum atomic E-state index is -1.23. The Bertz CT molecular complexity index is 1700. The number of fused-ring (bicyclic) bond motifs is 5. The predicted molar refractivity (Wildman–Crippen MR) is 227 cm³/mol. The van der Waals surface area contributed by atoms with Gasteiger partial charge in [0.05, 0.1) is 18.3 Å². The van der Waals surface area contributed by atoms with Gasteiger partial charge in [0.15, 0.2) is 0 Å². The number of nitrogens with one attached hydrogen (secondary N) is 2. The van der Waals surface area contributed by atoms with Gasteiger partial charge < -0.3 is 40.5 Å². The fourth-order valence-electron chi connectivity index (χ4n) is 10.8. The molecule has 1 aromatic carbocycles. The highest BCUT2D eigenvalue weighted by Gasteiger charge is 2.68. The Labute approximate surface area is 341 Å². The van der Waals surface area contributed by atoms with E-state index in [0.717, 1.165) is 55.2 Å². The average molecular weight is 787 g/mol. The van der Waals surface area contributed by atoms with Crippen molar-refractivity contribution in [3.05, 3.63) is 106 Å². The highest BCUT2D eigenvalue weighted by molar-refractivity contribution is 5.74. The highest BCUT2D eigenvalue weighted by Crippen LogP contribution is 2.67.